The predicted molar refractivity (Wildman–Crippen MR) is 76.7 cm³/mol. The number of carbonyl (C=O) groups is 1. The number of ether oxygens (including phenoxy) is 1. The normalized spacial score (nSPS) is 18.2. The molecule has 1 aliphatic rings. The Bertz CT molecular complexity index is 483. The summed E-state index contributed by atoms with van der Waals surface area (Å²) >= 11 is 0. The first-order valence-corrected chi connectivity index (χ1v) is 6.64. The van der Waals surface area contributed by atoms with Crippen LogP contribution in [0.4, 0.5) is 5.69 Å². The van der Waals surface area contributed by atoms with Crippen molar-refractivity contribution in [2.45, 2.75) is 26.3 Å². The molecular weight excluding hydrogens is 240 g/mol. The lowest BCUT2D eigenvalue weighted by Gasteiger charge is -2.42. The van der Waals surface area contributed by atoms with E-state index in [9.17, 15) is 4.79 Å². The van der Waals surface area contributed by atoms with Gasteiger partial charge in [-0.05, 0) is 44.5 Å². The van der Waals surface area contributed by atoms with Gasteiger partial charge in [-0.3, -0.25) is 4.79 Å². The Morgan fingerprint density at radius 1 is 1.42 bits per heavy atom. The van der Waals surface area contributed by atoms with Crippen molar-refractivity contribution in [1.29, 1.82) is 0 Å². The van der Waals surface area contributed by atoms with Crippen LogP contribution in [0.5, 0.6) is 0 Å². The number of amides is 1. The number of morpholine rings is 1. The van der Waals surface area contributed by atoms with Crippen LogP contribution in [0.1, 0.15) is 29.8 Å². The average molecular weight is 262 g/mol. The van der Waals surface area contributed by atoms with Crippen LogP contribution in [-0.4, -0.2) is 43.2 Å². The zero-order valence-electron chi connectivity index (χ0n) is 12.1. The van der Waals surface area contributed by atoms with Crippen molar-refractivity contribution in [3.05, 3.63) is 29.3 Å². The highest BCUT2D eigenvalue weighted by Gasteiger charge is 2.34. The third kappa shape index (κ3) is 2.73. The first kappa shape index (κ1) is 13.9. The molecular formula is C15H22N2O2. The maximum atomic E-state index is 12.7. The lowest BCUT2D eigenvalue weighted by molar-refractivity contribution is -0.0370. The Hall–Kier alpha value is -1.55. The number of nitrogens with zero attached hydrogens (tertiary/aromatic N) is 1. The quantitative estimate of drug-likeness (QED) is 0.889. The summed E-state index contributed by atoms with van der Waals surface area (Å²) in [5, 5.41) is 3.08. The summed E-state index contributed by atoms with van der Waals surface area (Å²) in [6.07, 6.45) is 0. The highest BCUT2D eigenvalue weighted by molar-refractivity contribution is 5.96. The van der Waals surface area contributed by atoms with Crippen molar-refractivity contribution in [3.8, 4) is 0 Å². The van der Waals surface area contributed by atoms with E-state index in [1.807, 2.05) is 50.9 Å². The molecule has 1 heterocycles. The van der Waals surface area contributed by atoms with Gasteiger partial charge in [0.05, 0.1) is 18.8 Å². The molecule has 0 bridgehead atoms. The molecule has 1 aliphatic heterocycles. The molecule has 1 aromatic carbocycles. The van der Waals surface area contributed by atoms with E-state index < -0.39 is 0 Å². The van der Waals surface area contributed by atoms with Crippen LogP contribution >= 0.6 is 0 Å². The molecule has 2 rings (SSSR count). The lowest BCUT2D eigenvalue weighted by Crippen LogP contribution is -2.55. The van der Waals surface area contributed by atoms with E-state index in [-0.39, 0.29) is 11.4 Å². The van der Waals surface area contributed by atoms with Gasteiger partial charge in [0.25, 0.3) is 5.91 Å². The van der Waals surface area contributed by atoms with E-state index in [2.05, 4.69) is 5.32 Å². The summed E-state index contributed by atoms with van der Waals surface area (Å²) < 4.78 is 5.46. The molecule has 1 fully saturated rings. The van der Waals surface area contributed by atoms with E-state index >= 15 is 0 Å². The first-order chi connectivity index (χ1) is 8.95. The van der Waals surface area contributed by atoms with E-state index in [0.29, 0.717) is 19.8 Å². The van der Waals surface area contributed by atoms with Crippen LogP contribution in [0.3, 0.4) is 0 Å². The largest absolute Gasteiger partial charge is 0.388 e. The molecule has 1 N–H and O–H groups in total. The fourth-order valence-electron chi connectivity index (χ4n) is 2.44. The Morgan fingerprint density at radius 3 is 2.74 bits per heavy atom. The molecule has 0 spiro atoms. The van der Waals surface area contributed by atoms with Crippen molar-refractivity contribution >= 4 is 11.6 Å². The number of anilines is 1. The first-order valence-electron chi connectivity index (χ1n) is 6.64. The van der Waals surface area contributed by atoms with Gasteiger partial charge in [0.15, 0.2) is 0 Å². The molecule has 19 heavy (non-hydrogen) atoms. The van der Waals surface area contributed by atoms with Crippen LogP contribution in [0, 0.1) is 6.92 Å². The SMILES string of the molecule is CNc1ccc(C(=O)N2CCOCC2(C)C)c(C)c1. The van der Waals surface area contributed by atoms with Crippen LogP contribution in [0.25, 0.3) is 0 Å². The molecule has 0 aromatic heterocycles. The Balaban J connectivity index is 2.28. The minimum absolute atomic E-state index is 0.0912. The maximum absolute atomic E-state index is 12.7. The highest BCUT2D eigenvalue weighted by Crippen LogP contribution is 2.24. The van der Waals surface area contributed by atoms with Gasteiger partial charge in [-0.1, -0.05) is 0 Å². The summed E-state index contributed by atoms with van der Waals surface area (Å²) in [7, 11) is 1.88. The Morgan fingerprint density at radius 2 is 2.16 bits per heavy atom. The van der Waals surface area contributed by atoms with Gasteiger partial charge in [-0.25, -0.2) is 0 Å². The standard InChI is InChI=1S/C15H22N2O2/c1-11-9-12(16-4)5-6-13(11)14(18)17-7-8-19-10-15(17,2)3/h5-6,9,16H,7-8,10H2,1-4H3. The van der Waals surface area contributed by atoms with E-state index in [1.165, 1.54) is 0 Å². The molecule has 1 saturated heterocycles. The van der Waals surface area contributed by atoms with Crippen LogP contribution in [0.15, 0.2) is 18.2 Å². The number of carbonyl (C=O) groups excluding carboxylic acids is 1. The van der Waals surface area contributed by atoms with E-state index in [4.69, 9.17) is 4.74 Å². The topological polar surface area (TPSA) is 41.6 Å². The molecule has 0 radical (unpaired) electrons. The number of hydrogen-bond acceptors (Lipinski definition) is 3. The van der Waals surface area contributed by atoms with Crippen molar-refractivity contribution in [2.24, 2.45) is 0 Å². The van der Waals surface area contributed by atoms with Crippen LogP contribution in [0.2, 0.25) is 0 Å². The monoisotopic (exact) mass is 262 g/mol. The fraction of sp³-hybridized carbons (Fsp3) is 0.533. The third-order valence-corrected chi connectivity index (χ3v) is 3.64. The summed E-state index contributed by atoms with van der Waals surface area (Å²) in [6, 6.07) is 5.84. The molecule has 1 aromatic rings. The molecule has 0 atom stereocenters. The molecule has 104 valence electrons. The summed E-state index contributed by atoms with van der Waals surface area (Å²) in [5.74, 6) is 0.0912. The fourth-order valence-corrected chi connectivity index (χ4v) is 2.44. The van der Waals surface area contributed by atoms with Crippen LogP contribution < -0.4 is 5.32 Å². The zero-order valence-corrected chi connectivity index (χ0v) is 12.1. The second kappa shape index (κ2) is 5.21. The average Bonchev–Trinajstić information content (AvgIpc) is 2.37. The number of hydrogen-bond donors (Lipinski definition) is 1. The zero-order chi connectivity index (χ0) is 14.0. The lowest BCUT2D eigenvalue weighted by atomic mass is 9.99. The van der Waals surface area contributed by atoms with Crippen molar-refractivity contribution < 1.29 is 9.53 Å². The number of rotatable bonds is 2. The Kier molecular flexibility index (Phi) is 3.80. The van der Waals surface area contributed by atoms with E-state index in [0.717, 1.165) is 16.8 Å². The van der Waals surface area contributed by atoms with Gasteiger partial charge in [0.1, 0.15) is 0 Å². The Labute approximate surface area is 114 Å². The van der Waals surface area contributed by atoms with E-state index in [1.54, 1.807) is 0 Å². The second-order valence-electron chi connectivity index (χ2n) is 5.60. The summed E-state index contributed by atoms with van der Waals surface area (Å²) in [4.78, 5) is 14.6. The van der Waals surface area contributed by atoms with Crippen molar-refractivity contribution in [1.82, 2.24) is 4.90 Å². The molecule has 0 aliphatic carbocycles. The predicted octanol–water partition coefficient (Wildman–Crippen LogP) is 2.29. The van der Waals surface area contributed by atoms with Gasteiger partial charge >= 0.3 is 0 Å². The second-order valence-corrected chi connectivity index (χ2v) is 5.60. The van der Waals surface area contributed by atoms with Crippen molar-refractivity contribution in [3.63, 3.8) is 0 Å². The molecule has 1 amide bonds. The number of nitrogens with one attached hydrogen (secondary N) is 1. The van der Waals surface area contributed by atoms with Gasteiger partial charge in [0.2, 0.25) is 0 Å². The minimum Gasteiger partial charge on any atom is -0.388 e. The van der Waals surface area contributed by atoms with Gasteiger partial charge in [0, 0.05) is 24.8 Å². The summed E-state index contributed by atoms with van der Waals surface area (Å²) in [5.41, 5.74) is 2.55. The highest BCUT2D eigenvalue weighted by atomic mass is 16.5. The third-order valence-electron chi connectivity index (χ3n) is 3.64. The van der Waals surface area contributed by atoms with Gasteiger partial charge in [-0.15, -0.1) is 0 Å². The maximum Gasteiger partial charge on any atom is 0.254 e. The number of aryl methyl sites for hydroxylation is 1. The smallest absolute Gasteiger partial charge is 0.254 e. The molecule has 4 nitrogen and oxygen atoms in total. The molecule has 4 heteroatoms. The minimum atomic E-state index is -0.247. The van der Waals surface area contributed by atoms with Crippen LogP contribution in [-0.2, 0) is 4.74 Å². The number of benzene rings is 1. The van der Waals surface area contributed by atoms with Crippen molar-refractivity contribution in [2.75, 3.05) is 32.1 Å². The molecule has 0 unspecified atom stereocenters. The van der Waals surface area contributed by atoms with Gasteiger partial charge < -0.3 is 15.0 Å². The summed E-state index contributed by atoms with van der Waals surface area (Å²) in [6.45, 7) is 7.92. The molecule has 0 saturated carbocycles. The van der Waals surface area contributed by atoms with Gasteiger partial charge in [-0.2, -0.15) is 0 Å².